The van der Waals surface area contributed by atoms with Gasteiger partial charge in [0.2, 0.25) is 0 Å². The number of aromatic hydroxyl groups is 2. The molecule has 7 nitrogen and oxygen atoms in total. The number of phenolic OH excluding ortho intramolecular Hbond substituents is 2. The molecule has 0 atom stereocenters. The molecule has 0 radical (unpaired) electrons. The molecule has 0 aliphatic carbocycles. The highest BCUT2D eigenvalue weighted by atomic mass is 16.4. The molecule has 0 bridgehead atoms. The first kappa shape index (κ1) is 10.8. The van der Waals surface area contributed by atoms with Crippen LogP contribution in [0.1, 0.15) is 10.4 Å². The van der Waals surface area contributed by atoms with Gasteiger partial charge in [-0.15, -0.1) is 0 Å². The summed E-state index contributed by atoms with van der Waals surface area (Å²) in [4.78, 5) is 21.7. The van der Waals surface area contributed by atoms with Gasteiger partial charge in [0.25, 0.3) is 5.91 Å². The number of para-hydroxylation sites is 1. The van der Waals surface area contributed by atoms with Gasteiger partial charge < -0.3 is 15.3 Å². The van der Waals surface area contributed by atoms with Crippen molar-refractivity contribution in [3.05, 3.63) is 23.8 Å². The molecule has 0 aliphatic rings. The van der Waals surface area contributed by atoms with Crippen molar-refractivity contribution in [2.75, 3.05) is 0 Å². The molecule has 2 amide bonds. The normalized spacial score (nSPS) is 9.67. The maximum Gasteiger partial charge on any atom is 0.429 e. The van der Waals surface area contributed by atoms with E-state index in [4.69, 9.17) is 16.1 Å². The number of carbonyl (C=O) groups is 2. The van der Waals surface area contributed by atoms with E-state index < -0.39 is 23.5 Å². The molecule has 0 heterocycles. The lowest BCUT2D eigenvalue weighted by Gasteiger charge is -2.11. The molecule has 7 heteroatoms. The van der Waals surface area contributed by atoms with Crippen LogP contribution in [0.2, 0.25) is 0 Å². The Morgan fingerprint density at radius 2 is 1.87 bits per heavy atom. The van der Waals surface area contributed by atoms with Gasteiger partial charge in [-0.25, -0.2) is 10.6 Å². The average Bonchev–Trinajstić information content (AvgIpc) is 2.20. The van der Waals surface area contributed by atoms with Crippen LogP contribution in [0.3, 0.4) is 0 Å². The SMILES string of the molecule is NN(C(=O)O)C(=O)c1cccc(O)c1O. The largest absolute Gasteiger partial charge is 0.504 e. The van der Waals surface area contributed by atoms with Gasteiger partial charge in [-0.05, 0) is 12.1 Å². The number of hydrazine groups is 1. The minimum atomic E-state index is -1.66. The summed E-state index contributed by atoms with van der Waals surface area (Å²) in [6.45, 7) is 0. The standard InChI is InChI=1S/C8H8N2O5/c9-10(8(14)15)7(13)4-2-1-3-5(11)6(4)12/h1-3,11-12H,9H2,(H,14,15). The molecule has 0 spiro atoms. The van der Waals surface area contributed by atoms with Gasteiger partial charge in [-0.3, -0.25) is 4.79 Å². The molecular weight excluding hydrogens is 204 g/mol. The third-order valence-corrected chi connectivity index (χ3v) is 1.67. The number of hydrogen-bond acceptors (Lipinski definition) is 5. The number of imide groups is 1. The van der Waals surface area contributed by atoms with E-state index in [0.29, 0.717) is 0 Å². The van der Waals surface area contributed by atoms with E-state index in [-0.39, 0.29) is 10.6 Å². The lowest BCUT2D eigenvalue weighted by molar-refractivity contribution is 0.0738. The molecular formula is C8H8N2O5. The van der Waals surface area contributed by atoms with E-state index in [0.717, 1.165) is 12.1 Å². The van der Waals surface area contributed by atoms with Crippen LogP contribution in [0, 0.1) is 0 Å². The van der Waals surface area contributed by atoms with E-state index >= 15 is 0 Å². The van der Waals surface area contributed by atoms with E-state index in [1.54, 1.807) is 0 Å². The first-order valence-electron chi connectivity index (χ1n) is 3.78. The van der Waals surface area contributed by atoms with Gasteiger partial charge in [0, 0.05) is 0 Å². The Morgan fingerprint density at radius 1 is 1.27 bits per heavy atom. The van der Waals surface area contributed by atoms with Crippen LogP contribution in [-0.4, -0.2) is 32.3 Å². The summed E-state index contributed by atoms with van der Waals surface area (Å²) in [6, 6.07) is 3.56. The van der Waals surface area contributed by atoms with Crippen molar-refractivity contribution in [1.82, 2.24) is 5.01 Å². The fraction of sp³-hybridized carbons (Fsp3) is 0. The molecule has 0 aliphatic heterocycles. The second-order valence-electron chi connectivity index (χ2n) is 2.63. The third kappa shape index (κ3) is 1.97. The van der Waals surface area contributed by atoms with Gasteiger partial charge in [-0.2, -0.15) is 5.01 Å². The van der Waals surface area contributed by atoms with E-state index in [2.05, 4.69) is 0 Å². The lowest BCUT2D eigenvalue weighted by atomic mass is 10.1. The number of nitrogens with zero attached hydrogens (tertiary/aromatic N) is 1. The molecule has 5 N–H and O–H groups in total. The molecule has 0 fully saturated rings. The summed E-state index contributed by atoms with van der Waals surface area (Å²) in [5, 5.41) is 26.6. The number of nitrogens with two attached hydrogens (primary N) is 1. The second kappa shape index (κ2) is 3.84. The molecule has 0 unspecified atom stereocenters. The van der Waals surface area contributed by atoms with Crippen molar-refractivity contribution in [1.29, 1.82) is 0 Å². The Bertz CT molecular complexity index is 417. The molecule has 1 rings (SSSR count). The summed E-state index contributed by atoms with van der Waals surface area (Å²) in [5.74, 6) is 2.54. The molecule has 80 valence electrons. The predicted molar refractivity (Wildman–Crippen MR) is 48.2 cm³/mol. The quantitative estimate of drug-likeness (QED) is 0.226. The monoisotopic (exact) mass is 212 g/mol. The maximum absolute atomic E-state index is 11.3. The summed E-state index contributed by atoms with van der Waals surface area (Å²) in [7, 11) is 0. The minimum Gasteiger partial charge on any atom is -0.504 e. The third-order valence-electron chi connectivity index (χ3n) is 1.67. The smallest absolute Gasteiger partial charge is 0.429 e. The van der Waals surface area contributed by atoms with Crippen LogP contribution in [0.25, 0.3) is 0 Å². The van der Waals surface area contributed by atoms with Crippen LogP contribution in [-0.2, 0) is 0 Å². The highest BCUT2D eigenvalue weighted by Gasteiger charge is 2.22. The van der Waals surface area contributed by atoms with Gasteiger partial charge in [0.1, 0.15) is 0 Å². The van der Waals surface area contributed by atoms with Crippen LogP contribution in [0.5, 0.6) is 11.5 Å². The summed E-state index contributed by atoms with van der Waals surface area (Å²) < 4.78 is 0. The summed E-state index contributed by atoms with van der Waals surface area (Å²) in [6.07, 6.45) is -1.66. The first-order chi connectivity index (χ1) is 6.95. The lowest BCUT2D eigenvalue weighted by Crippen LogP contribution is -2.41. The Labute approximate surface area is 83.9 Å². The maximum atomic E-state index is 11.3. The molecule has 15 heavy (non-hydrogen) atoms. The number of amides is 2. The van der Waals surface area contributed by atoms with Crippen LogP contribution in [0.4, 0.5) is 4.79 Å². The molecule has 0 saturated carbocycles. The summed E-state index contributed by atoms with van der Waals surface area (Å²) in [5.41, 5.74) is -0.389. The highest BCUT2D eigenvalue weighted by Crippen LogP contribution is 2.28. The van der Waals surface area contributed by atoms with E-state index in [1.807, 2.05) is 0 Å². The number of phenols is 2. The molecule has 0 aromatic heterocycles. The topological polar surface area (TPSA) is 124 Å². The molecule has 0 saturated heterocycles. The number of rotatable bonds is 1. The van der Waals surface area contributed by atoms with Gasteiger partial charge in [0.15, 0.2) is 11.5 Å². The zero-order chi connectivity index (χ0) is 11.6. The van der Waals surface area contributed by atoms with Crippen molar-refractivity contribution < 1.29 is 24.9 Å². The van der Waals surface area contributed by atoms with Crippen LogP contribution in [0.15, 0.2) is 18.2 Å². The molecule has 1 aromatic carbocycles. The van der Waals surface area contributed by atoms with Crippen molar-refractivity contribution in [2.24, 2.45) is 5.84 Å². The Balaban J connectivity index is 3.12. The average molecular weight is 212 g/mol. The van der Waals surface area contributed by atoms with Crippen molar-refractivity contribution >= 4 is 12.0 Å². The predicted octanol–water partition coefficient (Wildman–Crippen LogP) is 0.0917. The fourth-order valence-corrected chi connectivity index (χ4v) is 0.921. The van der Waals surface area contributed by atoms with Crippen LogP contribution >= 0.6 is 0 Å². The van der Waals surface area contributed by atoms with Crippen molar-refractivity contribution in [3.63, 3.8) is 0 Å². The van der Waals surface area contributed by atoms with Crippen molar-refractivity contribution in [3.8, 4) is 11.5 Å². The van der Waals surface area contributed by atoms with E-state index in [1.165, 1.54) is 6.07 Å². The first-order valence-corrected chi connectivity index (χ1v) is 3.78. The van der Waals surface area contributed by atoms with Crippen LogP contribution < -0.4 is 5.84 Å². The second-order valence-corrected chi connectivity index (χ2v) is 2.63. The van der Waals surface area contributed by atoms with Gasteiger partial charge in [-0.1, -0.05) is 6.07 Å². The zero-order valence-electron chi connectivity index (χ0n) is 7.41. The summed E-state index contributed by atoms with van der Waals surface area (Å²) >= 11 is 0. The van der Waals surface area contributed by atoms with Gasteiger partial charge in [0.05, 0.1) is 5.56 Å². The number of carboxylic acid groups (broad SMARTS) is 1. The minimum absolute atomic E-state index is 0.0888. The molecule has 1 aromatic rings. The Morgan fingerprint density at radius 3 is 2.40 bits per heavy atom. The zero-order valence-corrected chi connectivity index (χ0v) is 7.41. The Hall–Kier alpha value is -2.28. The number of benzene rings is 1. The number of carbonyl (C=O) groups excluding carboxylic acids is 1. The highest BCUT2D eigenvalue weighted by molar-refractivity contribution is 6.04. The Kier molecular flexibility index (Phi) is 2.77. The van der Waals surface area contributed by atoms with Crippen molar-refractivity contribution in [2.45, 2.75) is 0 Å². The fourth-order valence-electron chi connectivity index (χ4n) is 0.921. The van der Waals surface area contributed by atoms with Gasteiger partial charge >= 0.3 is 6.09 Å². The van der Waals surface area contributed by atoms with E-state index in [9.17, 15) is 14.7 Å². The number of hydrogen-bond donors (Lipinski definition) is 4.